The lowest BCUT2D eigenvalue weighted by Crippen LogP contribution is -2.43. The van der Waals surface area contributed by atoms with E-state index in [1.54, 1.807) is 17.6 Å². The zero-order valence-corrected chi connectivity index (χ0v) is 18.0. The van der Waals surface area contributed by atoms with Crippen LogP contribution in [0.3, 0.4) is 0 Å². The molecule has 0 aliphatic carbocycles. The molecule has 1 N–H and O–H groups in total. The van der Waals surface area contributed by atoms with E-state index in [1.807, 2.05) is 36.9 Å². The highest BCUT2D eigenvalue weighted by atomic mass is 19.1. The van der Waals surface area contributed by atoms with Crippen LogP contribution < -0.4 is 11.0 Å². The highest BCUT2D eigenvalue weighted by Crippen LogP contribution is 2.36. The molecule has 1 aliphatic heterocycles. The van der Waals surface area contributed by atoms with Crippen LogP contribution in [0.4, 0.5) is 4.39 Å². The second-order valence-electron chi connectivity index (χ2n) is 8.10. The van der Waals surface area contributed by atoms with Gasteiger partial charge in [-0.1, -0.05) is 6.07 Å². The van der Waals surface area contributed by atoms with Crippen LogP contribution in [0.2, 0.25) is 0 Å². The molecule has 2 aromatic heterocycles. The molecule has 5 rings (SSSR count). The Hall–Kier alpha value is -3.19. The van der Waals surface area contributed by atoms with Crippen molar-refractivity contribution in [3.05, 3.63) is 64.6 Å². The van der Waals surface area contributed by atoms with E-state index in [4.69, 9.17) is 4.98 Å². The van der Waals surface area contributed by atoms with Crippen molar-refractivity contribution >= 4 is 11.0 Å². The molecule has 0 radical (unpaired) electrons. The fraction of sp³-hybridized carbons (Fsp3) is 0.333. The van der Waals surface area contributed by atoms with Crippen LogP contribution >= 0.6 is 0 Å². The minimum atomic E-state index is -0.220. The van der Waals surface area contributed by atoms with E-state index in [0.717, 1.165) is 46.6 Å². The molecule has 7 heteroatoms. The van der Waals surface area contributed by atoms with E-state index in [1.165, 1.54) is 6.07 Å². The molecule has 0 amide bonds. The summed E-state index contributed by atoms with van der Waals surface area (Å²) >= 11 is 0. The molecular formula is C24H26FN5O. The smallest absolute Gasteiger partial charge is 0.324 e. The number of aromatic nitrogens is 4. The Balaban J connectivity index is 1.75. The van der Waals surface area contributed by atoms with Gasteiger partial charge in [-0.15, -0.1) is 0 Å². The average Bonchev–Trinajstić information content (AvgIpc) is 3.26. The van der Waals surface area contributed by atoms with E-state index in [0.29, 0.717) is 24.7 Å². The number of benzene rings is 2. The first-order chi connectivity index (χ1) is 15.0. The lowest BCUT2D eigenvalue weighted by Gasteiger charge is -2.30. The van der Waals surface area contributed by atoms with Crippen molar-refractivity contribution in [3.8, 4) is 22.5 Å². The summed E-state index contributed by atoms with van der Waals surface area (Å²) in [4.78, 5) is 17.5. The highest BCUT2D eigenvalue weighted by Gasteiger charge is 2.25. The van der Waals surface area contributed by atoms with E-state index in [-0.39, 0.29) is 11.5 Å². The summed E-state index contributed by atoms with van der Waals surface area (Å²) in [6, 6.07) is 11.6. The molecule has 4 aromatic rings. The Morgan fingerprint density at radius 3 is 2.39 bits per heavy atom. The largest absolute Gasteiger partial charge is 0.329 e. The Bertz CT molecular complexity index is 1340. The van der Waals surface area contributed by atoms with Crippen LogP contribution in [0.25, 0.3) is 33.5 Å². The zero-order chi connectivity index (χ0) is 21.7. The standard InChI is InChI=1S/C24H26FN5O/c1-4-28-20-9-7-17(11-21(20)29(5-2)24(28)31)23-22(16-6-8-19(25)15(3)10-16)27-14-30(23)18-12-26-13-18/h6-11,14,18,26H,4-5,12-13H2,1-3H3. The quantitative estimate of drug-likeness (QED) is 0.533. The fourth-order valence-electron chi connectivity index (χ4n) is 4.48. The SMILES string of the molecule is CCn1c(=O)n(CC)c2cc(-c3c(-c4ccc(F)c(C)c4)ncn3C3CNC3)ccc21. The molecule has 6 nitrogen and oxygen atoms in total. The summed E-state index contributed by atoms with van der Waals surface area (Å²) in [6.45, 7) is 8.77. The Morgan fingerprint density at radius 1 is 1.03 bits per heavy atom. The van der Waals surface area contributed by atoms with Gasteiger partial charge < -0.3 is 9.88 Å². The van der Waals surface area contributed by atoms with Gasteiger partial charge in [0.1, 0.15) is 5.82 Å². The molecule has 2 aromatic carbocycles. The van der Waals surface area contributed by atoms with Gasteiger partial charge in [0.15, 0.2) is 0 Å². The number of rotatable bonds is 5. The van der Waals surface area contributed by atoms with Gasteiger partial charge in [-0.05, 0) is 56.7 Å². The van der Waals surface area contributed by atoms with Crippen molar-refractivity contribution in [2.45, 2.75) is 39.9 Å². The van der Waals surface area contributed by atoms with Crippen LogP contribution in [0.1, 0.15) is 25.5 Å². The third-order valence-corrected chi connectivity index (χ3v) is 6.30. The summed E-state index contributed by atoms with van der Waals surface area (Å²) in [5.41, 5.74) is 6.19. The highest BCUT2D eigenvalue weighted by molar-refractivity contribution is 5.86. The first-order valence-electron chi connectivity index (χ1n) is 10.8. The fourth-order valence-corrected chi connectivity index (χ4v) is 4.48. The monoisotopic (exact) mass is 419 g/mol. The van der Waals surface area contributed by atoms with Crippen molar-refractivity contribution in [1.82, 2.24) is 24.0 Å². The van der Waals surface area contributed by atoms with Gasteiger partial charge in [-0.25, -0.2) is 14.2 Å². The Kier molecular flexibility index (Phi) is 4.78. The summed E-state index contributed by atoms with van der Waals surface area (Å²) in [5.74, 6) is -0.220. The number of aryl methyl sites for hydroxylation is 3. The topological polar surface area (TPSA) is 56.8 Å². The number of hydrogen-bond donors (Lipinski definition) is 1. The maximum atomic E-state index is 13.9. The summed E-state index contributed by atoms with van der Waals surface area (Å²) in [5, 5.41) is 3.32. The maximum absolute atomic E-state index is 13.9. The molecule has 0 atom stereocenters. The van der Waals surface area contributed by atoms with Crippen molar-refractivity contribution in [1.29, 1.82) is 0 Å². The van der Waals surface area contributed by atoms with Gasteiger partial charge in [0.25, 0.3) is 0 Å². The van der Waals surface area contributed by atoms with Crippen molar-refractivity contribution < 1.29 is 4.39 Å². The molecule has 1 saturated heterocycles. The predicted molar refractivity (Wildman–Crippen MR) is 121 cm³/mol. The van der Waals surface area contributed by atoms with Crippen molar-refractivity contribution in [2.75, 3.05) is 13.1 Å². The molecule has 3 heterocycles. The molecule has 0 spiro atoms. The molecule has 0 unspecified atom stereocenters. The molecule has 1 aliphatic rings. The Labute approximate surface area is 180 Å². The average molecular weight is 420 g/mol. The van der Waals surface area contributed by atoms with Gasteiger partial charge in [-0.2, -0.15) is 0 Å². The maximum Gasteiger partial charge on any atom is 0.329 e. The van der Waals surface area contributed by atoms with Gasteiger partial charge in [0, 0.05) is 37.3 Å². The first-order valence-corrected chi connectivity index (χ1v) is 10.8. The second kappa shape index (κ2) is 7.50. The van der Waals surface area contributed by atoms with E-state index < -0.39 is 0 Å². The second-order valence-corrected chi connectivity index (χ2v) is 8.10. The molecule has 160 valence electrons. The number of fused-ring (bicyclic) bond motifs is 1. The number of nitrogens with one attached hydrogen (secondary N) is 1. The van der Waals surface area contributed by atoms with Gasteiger partial charge >= 0.3 is 5.69 Å². The number of hydrogen-bond acceptors (Lipinski definition) is 3. The molecule has 31 heavy (non-hydrogen) atoms. The van der Waals surface area contributed by atoms with Crippen LogP contribution in [-0.4, -0.2) is 31.8 Å². The van der Waals surface area contributed by atoms with Crippen molar-refractivity contribution in [2.24, 2.45) is 0 Å². The van der Waals surface area contributed by atoms with Gasteiger partial charge in [-0.3, -0.25) is 9.13 Å². The third kappa shape index (κ3) is 3.03. The lowest BCUT2D eigenvalue weighted by atomic mass is 10.0. The summed E-state index contributed by atoms with van der Waals surface area (Å²) in [6.07, 6.45) is 1.88. The van der Waals surface area contributed by atoms with E-state index >= 15 is 0 Å². The number of halogens is 1. The minimum Gasteiger partial charge on any atom is -0.324 e. The van der Waals surface area contributed by atoms with Gasteiger partial charge in [0.05, 0.1) is 34.8 Å². The zero-order valence-electron chi connectivity index (χ0n) is 18.0. The number of imidazole rings is 2. The van der Waals surface area contributed by atoms with Crippen LogP contribution in [-0.2, 0) is 13.1 Å². The van der Waals surface area contributed by atoms with E-state index in [2.05, 4.69) is 22.0 Å². The van der Waals surface area contributed by atoms with Crippen LogP contribution in [0, 0.1) is 12.7 Å². The molecule has 1 fully saturated rings. The van der Waals surface area contributed by atoms with Crippen molar-refractivity contribution in [3.63, 3.8) is 0 Å². The first kappa shape index (κ1) is 19.8. The predicted octanol–water partition coefficient (Wildman–Crippen LogP) is 3.97. The lowest BCUT2D eigenvalue weighted by molar-refractivity contribution is 0.346. The molecule has 0 bridgehead atoms. The third-order valence-electron chi connectivity index (χ3n) is 6.30. The van der Waals surface area contributed by atoms with Gasteiger partial charge in [0.2, 0.25) is 0 Å². The van der Waals surface area contributed by atoms with Crippen LogP contribution in [0.15, 0.2) is 47.5 Å². The molecular weight excluding hydrogens is 393 g/mol. The Morgan fingerprint density at radius 2 is 1.74 bits per heavy atom. The summed E-state index contributed by atoms with van der Waals surface area (Å²) < 4.78 is 19.7. The molecule has 0 saturated carbocycles. The summed E-state index contributed by atoms with van der Waals surface area (Å²) in [7, 11) is 0. The number of nitrogens with zero attached hydrogens (tertiary/aromatic N) is 4. The van der Waals surface area contributed by atoms with E-state index in [9.17, 15) is 9.18 Å². The minimum absolute atomic E-state index is 0.0169. The van der Waals surface area contributed by atoms with Crippen LogP contribution in [0.5, 0.6) is 0 Å². The normalized spacial score (nSPS) is 14.3.